The number of benzene rings is 2. The van der Waals surface area contributed by atoms with E-state index in [1.807, 2.05) is 0 Å². The molecule has 1 amide bonds. The van der Waals surface area contributed by atoms with Crippen LogP contribution in [0, 0.1) is 5.82 Å². The Morgan fingerprint density at radius 3 is 2.35 bits per heavy atom. The number of rotatable bonds is 8. The van der Waals surface area contributed by atoms with E-state index < -0.39 is 68.7 Å². The lowest BCUT2D eigenvalue weighted by Gasteiger charge is -2.48. The average Bonchev–Trinajstić information content (AvgIpc) is 2.78. The fraction of sp³-hybridized carbons (Fsp3) is 0.462. The number of morpholine rings is 1. The van der Waals surface area contributed by atoms with Gasteiger partial charge in [0, 0.05) is 21.7 Å². The Kier molecular flexibility index (Phi) is 8.94. The molecular weight excluding hydrogens is 544 g/mol. The van der Waals surface area contributed by atoms with E-state index in [9.17, 15) is 23.1 Å². The van der Waals surface area contributed by atoms with Crippen molar-refractivity contribution in [3.05, 3.63) is 69.5 Å². The summed E-state index contributed by atoms with van der Waals surface area (Å²) >= 11 is 12.2. The maximum absolute atomic E-state index is 15.4. The van der Waals surface area contributed by atoms with Crippen molar-refractivity contribution in [2.75, 3.05) is 5.75 Å². The summed E-state index contributed by atoms with van der Waals surface area (Å²) in [6.07, 6.45) is -2.89. The monoisotopic (exact) mass is 573 g/mol. The summed E-state index contributed by atoms with van der Waals surface area (Å²) in [5.41, 5.74) is 0.538. The second-order valence-corrected chi connectivity index (χ2v) is 13.7. The van der Waals surface area contributed by atoms with Gasteiger partial charge in [0.1, 0.15) is 18.0 Å². The fourth-order valence-corrected chi connectivity index (χ4v) is 6.12. The molecule has 2 aromatic rings. The van der Waals surface area contributed by atoms with E-state index in [1.165, 1.54) is 17.0 Å². The molecule has 0 saturated carbocycles. The SMILES string of the molecule is CC[C@@H](CS(=O)(=O)C(C)(C)C)N1C(=O)[C@@H](CC(=O)O)O[C@H](c2cccc(Cl)c2)[C@H]1c1ccc(Cl)cc1F. The third-order valence-corrected chi connectivity index (χ3v) is 9.61. The molecule has 0 aromatic heterocycles. The number of sulfone groups is 1. The number of carboxylic acids is 1. The van der Waals surface area contributed by atoms with Crippen molar-refractivity contribution in [1.82, 2.24) is 4.90 Å². The van der Waals surface area contributed by atoms with Crippen molar-refractivity contribution in [2.45, 2.75) is 69.6 Å². The highest BCUT2D eigenvalue weighted by molar-refractivity contribution is 7.92. The zero-order valence-corrected chi connectivity index (χ0v) is 23.3. The van der Waals surface area contributed by atoms with Gasteiger partial charge >= 0.3 is 5.97 Å². The minimum atomic E-state index is -3.72. The summed E-state index contributed by atoms with van der Waals surface area (Å²) < 4.78 is 46.7. The van der Waals surface area contributed by atoms with Crippen molar-refractivity contribution in [3.8, 4) is 0 Å². The van der Waals surface area contributed by atoms with Gasteiger partial charge in [-0.05, 0) is 57.0 Å². The molecule has 1 aliphatic rings. The molecule has 1 aliphatic heterocycles. The van der Waals surface area contributed by atoms with Crippen molar-refractivity contribution in [3.63, 3.8) is 0 Å². The lowest BCUT2D eigenvalue weighted by atomic mass is 9.89. The normalized spacial score (nSPS) is 21.6. The highest BCUT2D eigenvalue weighted by Gasteiger charge is 2.49. The minimum Gasteiger partial charge on any atom is -0.481 e. The van der Waals surface area contributed by atoms with Crippen molar-refractivity contribution >= 4 is 44.9 Å². The number of halogens is 3. The third-order valence-electron chi connectivity index (χ3n) is 6.46. The van der Waals surface area contributed by atoms with Crippen LogP contribution in [0.5, 0.6) is 0 Å². The van der Waals surface area contributed by atoms with E-state index in [0.717, 1.165) is 6.07 Å². The van der Waals surface area contributed by atoms with E-state index >= 15 is 4.39 Å². The first-order chi connectivity index (χ1) is 17.2. The van der Waals surface area contributed by atoms with Crippen LogP contribution in [-0.2, 0) is 24.2 Å². The van der Waals surface area contributed by atoms with Crippen LogP contribution in [0.3, 0.4) is 0 Å². The number of hydrogen-bond donors (Lipinski definition) is 1. The van der Waals surface area contributed by atoms with Crippen molar-refractivity contribution < 1.29 is 32.2 Å². The summed E-state index contributed by atoms with van der Waals surface area (Å²) in [5.74, 6) is -3.10. The van der Waals surface area contributed by atoms with Gasteiger partial charge in [-0.2, -0.15) is 0 Å². The second-order valence-electron chi connectivity index (χ2n) is 10.0. The number of amides is 1. The molecule has 1 fully saturated rings. The van der Waals surface area contributed by atoms with Gasteiger partial charge in [0.15, 0.2) is 9.84 Å². The number of aliphatic carboxylic acids is 1. The predicted octanol–water partition coefficient (Wildman–Crippen LogP) is 5.61. The zero-order valence-electron chi connectivity index (χ0n) is 20.9. The summed E-state index contributed by atoms with van der Waals surface area (Å²) in [6.45, 7) is 6.42. The topological polar surface area (TPSA) is 101 Å². The zero-order chi connectivity index (χ0) is 27.7. The summed E-state index contributed by atoms with van der Waals surface area (Å²) in [7, 11) is -3.72. The molecule has 1 saturated heterocycles. The van der Waals surface area contributed by atoms with Crippen LogP contribution in [0.4, 0.5) is 4.39 Å². The molecule has 0 unspecified atom stereocenters. The van der Waals surface area contributed by atoms with Gasteiger partial charge in [-0.15, -0.1) is 0 Å². The summed E-state index contributed by atoms with van der Waals surface area (Å²) in [4.78, 5) is 26.7. The van der Waals surface area contributed by atoms with Gasteiger partial charge in [-0.3, -0.25) is 9.59 Å². The van der Waals surface area contributed by atoms with Crippen molar-refractivity contribution in [1.29, 1.82) is 0 Å². The molecule has 4 atom stereocenters. The maximum atomic E-state index is 15.4. The summed E-state index contributed by atoms with van der Waals surface area (Å²) in [5, 5.41) is 9.97. The van der Waals surface area contributed by atoms with Gasteiger partial charge in [0.25, 0.3) is 5.91 Å². The Balaban J connectivity index is 2.26. The first-order valence-electron chi connectivity index (χ1n) is 11.8. The van der Waals surface area contributed by atoms with E-state index in [1.54, 1.807) is 52.0 Å². The molecule has 202 valence electrons. The number of carboxylic acid groups (broad SMARTS) is 1. The molecule has 11 heteroatoms. The first-order valence-corrected chi connectivity index (χ1v) is 14.2. The lowest BCUT2D eigenvalue weighted by Crippen LogP contribution is -2.57. The average molecular weight is 574 g/mol. The highest BCUT2D eigenvalue weighted by atomic mass is 35.5. The van der Waals surface area contributed by atoms with Crippen LogP contribution in [0.25, 0.3) is 0 Å². The Labute approximate surface area is 226 Å². The van der Waals surface area contributed by atoms with Crippen LogP contribution < -0.4 is 0 Å². The number of carbonyl (C=O) groups excluding carboxylic acids is 1. The number of carbonyl (C=O) groups is 2. The molecule has 2 aromatic carbocycles. The molecule has 1 heterocycles. The van der Waals surface area contributed by atoms with E-state index in [0.29, 0.717) is 10.6 Å². The van der Waals surface area contributed by atoms with E-state index in [2.05, 4.69) is 0 Å². The van der Waals surface area contributed by atoms with Crippen LogP contribution in [0.15, 0.2) is 42.5 Å². The van der Waals surface area contributed by atoms with Crippen LogP contribution in [0.2, 0.25) is 10.0 Å². The number of ether oxygens (including phenoxy) is 1. The Hall–Kier alpha value is -2.20. The van der Waals surface area contributed by atoms with E-state index in [4.69, 9.17) is 27.9 Å². The quantitative estimate of drug-likeness (QED) is 0.440. The van der Waals surface area contributed by atoms with Gasteiger partial charge in [0.2, 0.25) is 0 Å². The fourth-order valence-electron chi connectivity index (χ4n) is 4.36. The molecular formula is C26H30Cl2FNO6S. The smallest absolute Gasteiger partial charge is 0.306 e. The predicted molar refractivity (Wildman–Crippen MR) is 140 cm³/mol. The van der Waals surface area contributed by atoms with Crippen LogP contribution >= 0.6 is 23.2 Å². The molecule has 7 nitrogen and oxygen atoms in total. The standard InChI is InChI=1S/C26H30Cl2FNO6S/c1-5-18(14-37(34,35)26(2,3)4)30-23(19-10-9-17(28)12-20(19)29)24(15-7-6-8-16(27)11-15)36-21(25(30)33)13-22(31)32/h6-12,18,21,23-24H,5,13-14H2,1-4H3,(H,31,32)/t18-,21+,23+,24+/m0/s1. The second kappa shape index (κ2) is 11.3. The van der Waals surface area contributed by atoms with Crippen LogP contribution in [-0.4, -0.2) is 52.9 Å². The maximum Gasteiger partial charge on any atom is 0.306 e. The molecule has 0 radical (unpaired) electrons. The van der Waals surface area contributed by atoms with Crippen LogP contribution in [0.1, 0.15) is 63.8 Å². The molecule has 3 rings (SSSR count). The van der Waals surface area contributed by atoms with Crippen molar-refractivity contribution in [2.24, 2.45) is 0 Å². The molecule has 0 aliphatic carbocycles. The lowest BCUT2D eigenvalue weighted by molar-refractivity contribution is -0.183. The Bertz CT molecular complexity index is 1280. The molecule has 37 heavy (non-hydrogen) atoms. The van der Waals surface area contributed by atoms with Gasteiger partial charge in [-0.25, -0.2) is 12.8 Å². The number of nitrogens with zero attached hydrogens (tertiary/aromatic N) is 1. The third kappa shape index (κ3) is 6.45. The molecule has 1 N–H and O–H groups in total. The molecule has 0 bridgehead atoms. The highest BCUT2D eigenvalue weighted by Crippen LogP contribution is 2.45. The summed E-state index contributed by atoms with van der Waals surface area (Å²) in [6, 6.07) is 8.54. The largest absolute Gasteiger partial charge is 0.481 e. The Morgan fingerprint density at radius 1 is 1.16 bits per heavy atom. The molecule has 0 spiro atoms. The Morgan fingerprint density at radius 2 is 1.81 bits per heavy atom. The number of hydrogen-bond acceptors (Lipinski definition) is 5. The first kappa shape index (κ1) is 29.4. The van der Waals surface area contributed by atoms with E-state index in [-0.39, 0.29) is 17.0 Å². The van der Waals surface area contributed by atoms with Gasteiger partial charge in [-0.1, -0.05) is 48.3 Å². The van der Waals surface area contributed by atoms with Gasteiger partial charge in [0.05, 0.1) is 23.0 Å². The minimum absolute atomic E-state index is 0.0584. The van der Waals surface area contributed by atoms with Gasteiger partial charge < -0.3 is 14.7 Å².